The van der Waals surface area contributed by atoms with Crippen molar-refractivity contribution in [3.63, 3.8) is 0 Å². The molecule has 1 unspecified atom stereocenters. The molecule has 0 spiro atoms. The lowest BCUT2D eigenvalue weighted by molar-refractivity contribution is 0.0608. The van der Waals surface area contributed by atoms with Crippen LogP contribution in [0.4, 0.5) is 0 Å². The monoisotopic (exact) mass is 325 g/mol. The zero-order valence-corrected chi connectivity index (χ0v) is 13.7. The Bertz CT molecular complexity index is 404. The van der Waals surface area contributed by atoms with Crippen LogP contribution in [0.3, 0.4) is 0 Å². The van der Waals surface area contributed by atoms with Crippen LogP contribution in [-0.4, -0.2) is 20.3 Å². The van der Waals surface area contributed by atoms with Gasteiger partial charge in [-0.15, -0.1) is 0 Å². The summed E-state index contributed by atoms with van der Waals surface area (Å²) < 4.78 is 6.68. The highest BCUT2D eigenvalue weighted by atomic mass is 79.9. The van der Waals surface area contributed by atoms with Crippen molar-refractivity contribution in [2.24, 2.45) is 5.92 Å². The third-order valence-electron chi connectivity index (χ3n) is 4.12. The first-order valence-corrected chi connectivity index (χ1v) is 7.92. The van der Waals surface area contributed by atoms with E-state index in [1.54, 1.807) is 0 Å². The van der Waals surface area contributed by atoms with Gasteiger partial charge in [-0.3, -0.25) is 0 Å². The molecule has 0 radical (unpaired) electrons. The Morgan fingerprint density at radius 3 is 2.37 bits per heavy atom. The smallest absolute Gasteiger partial charge is 0.0468 e. The molecule has 1 heterocycles. The Kier molecular flexibility index (Phi) is 5.43. The third-order valence-corrected chi connectivity index (χ3v) is 5.37. The SMILES string of the molecule is CNC(CC1CCOCC1)c1cc(C)c(Br)c(C)c1. The minimum atomic E-state index is 0.452. The highest BCUT2D eigenvalue weighted by Crippen LogP contribution is 2.31. The average Bonchev–Trinajstić information content (AvgIpc) is 2.42. The third kappa shape index (κ3) is 3.80. The van der Waals surface area contributed by atoms with Gasteiger partial charge in [0.15, 0.2) is 0 Å². The maximum Gasteiger partial charge on any atom is 0.0468 e. The van der Waals surface area contributed by atoms with Gasteiger partial charge in [0.05, 0.1) is 0 Å². The van der Waals surface area contributed by atoms with Crippen molar-refractivity contribution in [2.75, 3.05) is 20.3 Å². The normalized spacial score (nSPS) is 18.5. The number of hydrogen-bond acceptors (Lipinski definition) is 2. The summed E-state index contributed by atoms with van der Waals surface area (Å²) >= 11 is 3.65. The summed E-state index contributed by atoms with van der Waals surface area (Å²) in [5.41, 5.74) is 4.05. The van der Waals surface area contributed by atoms with Crippen LogP contribution in [0.2, 0.25) is 0 Å². The second kappa shape index (κ2) is 6.87. The Balaban J connectivity index is 2.12. The number of rotatable bonds is 4. The Hall–Kier alpha value is -0.380. The van der Waals surface area contributed by atoms with E-state index in [4.69, 9.17) is 4.74 Å². The van der Waals surface area contributed by atoms with E-state index < -0.39 is 0 Å². The molecule has 0 saturated carbocycles. The van der Waals surface area contributed by atoms with Crippen molar-refractivity contribution < 1.29 is 4.74 Å². The van der Waals surface area contributed by atoms with Gasteiger partial charge in [-0.1, -0.05) is 28.1 Å². The molecule has 1 saturated heterocycles. The van der Waals surface area contributed by atoms with Gasteiger partial charge in [-0.05, 0) is 62.8 Å². The Morgan fingerprint density at radius 1 is 1.26 bits per heavy atom. The largest absolute Gasteiger partial charge is 0.381 e. The van der Waals surface area contributed by atoms with Crippen LogP contribution in [0, 0.1) is 19.8 Å². The van der Waals surface area contributed by atoms with Gasteiger partial charge < -0.3 is 10.1 Å². The van der Waals surface area contributed by atoms with Crippen molar-refractivity contribution in [2.45, 2.75) is 39.2 Å². The molecule has 0 amide bonds. The fourth-order valence-electron chi connectivity index (χ4n) is 2.92. The van der Waals surface area contributed by atoms with Gasteiger partial charge in [-0.2, -0.15) is 0 Å². The molecule has 1 atom stereocenters. The maximum absolute atomic E-state index is 5.45. The van der Waals surface area contributed by atoms with Crippen LogP contribution in [0.25, 0.3) is 0 Å². The van der Waals surface area contributed by atoms with Gasteiger partial charge in [0, 0.05) is 23.7 Å². The zero-order valence-electron chi connectivity index (χ0n) is 12.1. The lowest BCUT2D eigenvalue weighted by atomic mass is 9.88. The highest BCUT2D eigenvalue weighted by molar-refractivity contribution is 9.10. The highest BCUT2D eigenvalue weighted by Gasteiger charge is 2.20. The van der Waals surface area contributed by atoms with Gasteiger partial charge in [0.1, 0.15) is 0 Å². The molecular formula is C16H24BrNO. The van der Waals surface area contributed by atoms with Crippen LogP contribution >= 0.6 is 15.9 Å². The van der Waals surface area contributed by atoms with E-state index in [9.17, 15) is 0 Å². The molecule has 1 fully saturated rings. The number of benzene rings is 1. The van der Waals surface area contributed by atoms with Crippen molar-refractivity contribution in [3.05, 3.63) is 33.3 Å². The van der Waals surface area contributed by atoms with Crippen molar-refractivity contribution >= 4 is 15.9 Å². The number of ether oxygens (including phenoxy) is 1. The fourth-order valence-corrected chi connectivity index (χ4v) is 3.15. The van der Waals surface area contributed by atoms with Crippen LogP contribution in [0.1, 0.15) is 42.0 Å². The van der Waals surface area contributed by atoms with E-state index in [0.717, 1.165) is 19.1 Å². The van der Waals surface area contributed by atoms with E-state index in [2.05, 4.69) is 54.3 Å². The van der Waals surface area contributed by atoms with Gasteiger partial charge in [0.2, 0.25) is 0 Å². The molecular weight excluding hydrogens is 302 g/mol. The van der Waals surface area contributed by atoms with Gasteiger partial charge in [-0.25, -0.2) is 0 Å². The topological polar surface area (TPSA) is 21.3 Å². The van der Waals surface area contributed by atoms with Crippen molar-refractivity contribution in [1.82, 2.24) is 5.32 Å². The van der Waals surface area contributed by atoms with Crippen molar-refractivity contribution in [3.8, 4) is 0 Å². The predicted octanol–water partition coefficient (Wildman–Crippen LogP) is 4.14. The molecule has 3 heteroatoms. The average molecular weight is 326 g/mol. The summed E-state index contributed by atoms with van der Waals surface area (Å²) in [5.74, 6) is 0.787. The van der Waals surface area contributed by atoms with Gasteiger partial charge >= 0.3 is 0 Å². The summed E-state index contributed by atoms with van der Waals surface area (Å²) in [6.07, 6.45) is 3.61. The molecule has 0 bridgehead atoms. The Morgan fingerprint density at radius 2 is 1.84 bits per heavy atom. The maximum atomic E-state index is 5.45. The number of aryl methyl sites for hydroxylation is 2. The molecule has 106 valence electrons. The number of nitrogens with one attached hydrogen (secondary N) is 1. The van der Waals surface area contributed by atoms with Crippen LogP contribution in [-0.2, 0) is 4.74 Å². The molecule has 1 aromatic rings. The molecule has 1 aliphatic rings. The molecule has 19 heavy (non-hydrogen) atoms. The number of hydrogen-bond donors (Lipinski definition) is 1. The molecule has 1 aromatic carbocycles. The number of halogens is 1. The van der Waals surface area contributed by atoms with E-state index in [1.807, 2.05) is 0 Å². The summed E-state index contributed by atoms with van der Waals surface area (Å²) in [6.45, 7) is 6.20. The first-order valence-electron chi connectivity index (χ1n) is 7.13. The molecule has 0 aromatic heterocycles. The summed E-state index contributed by atoms with van der Waals surface area (Å²) in [6, 6.07) is 5.06. The van der Waals surface area contributed by atoms with E-state index in [0.29, 0.717) is 6.04 Å². The van der Waals surface area contributed by atoms with Crippen LogP contribution in [0.5, 0.6) is 0 Å². The fraction of sp³-hybridized carbons (Fsp3) is 0.625. The molecule has 2 nitrogen and oxygen atoms in total. The summed E-state index contributed by atoms with van der Waals surface area (Å²) in [5, 5.41) is 3.48. The molecule has 2 rings (SSSR count). The van der Waals surface area contributed by atoms with E-state index in [-0.39, 0.29) is 0 Å². The Labute approximate surface area is 125 Å². The van der Waals surface area contributed by atoms with Crippen LogP contribution < -0.4 is 5.32 Å². The lowest BCUT2D eigenvalue weighted by Gasteiger charge is -2.27. The molecule has 0 aliphatic carbocycles. The summed E-state index contributed by atoms with van der Waals surface area (Å²) in [4.78, 5) is 0. The molecule has 1 aliphatic heterocycles. The van der Waals surface area contributed by atoms with E-state index >= 15 is 0 Å². The van der Waals surface area contributed by atoms with Crippen molar-refractivity contribution in [1.29, 1.82) is 0 Å². The standard InChI is InChI=1S/C16H24BrNO/c1-11-8-14(9-12(2)16(11)17)15(18-3)10-13-4-6-19-7-5-13/h8-9,13,15,18H,4-7,10H2,1-3H3. The lowest BCUT2D eigenvalue weighted by Crippen LogP contribution is -2.24. The summed E-state index contributed by atoms with van der Waals surface area (Å²) in [7, 11) is 2.07. The second-order valence-corrected chi connectivity index (χ2v) is 6.39. The predicted molar refractivity (Wildman–Crippen MR) is 83.6 cm³/mol. The first-order chi connectivity index (χ1) is 9.11. The first kappa shape index (κ1) is 15.0. The molecule has 1 N–H and O–H groups in total. The minimum Gasteiger partial charge on any atom is -0.381 e. The second-order valence-electron chi connectivity index (χ2n) is 5.60. The van der Waals surface area contributed by atoms with E-state index in [1.165, 1.54) is 40.4 Å². The minimum absolute atomic E-state index is 0.452. The van der Waals surface area contributed by atoms with Gasteiger partial charge in [0.25, 0.3) is 0 Å². The quantitative estimate of drug-likeness (QED) is 0.898. The zero-order chi connectivity index (χ0) is 13.8. The van der Waals surface area contributed by atoms with Crippen LogP contribution in [0.15, 0.2) is 16.6 Å².